The van der Waals surface area contributed by atoms with Gasteiger partial charge in [-0.1, -0.05) is 33.6 Å². The highest BCUT2D eigenvalue weighted by Crippen LogP contribution is 2.23. The summed E-state index contributed by atoms with van der Waals surface area (Å²) in [6, 6.07) is 0.656. The molecule has 0 aliphatic carbocycles. The van der Waals surface area contributed by atoms with E-state index in [2.05, 4.69) is 26.1 Å². The van der Waals surface area contributed by atoms with Crippen molar-refractivity contribution >= 4 is 0 Å². The quantitative estimate of drug-likeness (QED) is 0.720. The average Bonchev–Trinajstić information content (AvgIpc) is 2.32. The van der Waals surface area contributed by atoms with Gasteiger partial charge in [-0.15, -0.1) is 0 Å². The average molecular weight is 227 g/mol. The minimum atomic E-state index is 0.512. The molecule has 0 saturated carbocycles. The van der Waals surface area contributed by atoms with Gasteiger partial charge >= 0.3 is 0 Å². The van der Waals surface area contributed by atoms with Crippen LogP contribution in [0.5, 0.6) is 0 Å². The molecule has 1 heterocycles. The predicted molar refractivity (Wildman–Crippen MR) is 69.7 cm³/mol. The molecule has 1 rings (SSSR count). The predicted octanol–water partition coefficient (Wildman–Crippen LogP) is 3.36. The first-order valence-electron chi connectivity index (χ1n) is 7.16. The molecule has 2 heteroatoms. The molecule has 0 radical (unpaired) electrons. The lowest BCUT2D eigenvalue weighted by Crippen LogP contribution is -2.39. The Balaban J connectivity index is 2.41. The van der Waals surface area contributed by atoms with Gasteiger partial charge in [-0.25, -0.2) is 0 Å². The van der Waals surface area contributed by atoms with Crippen molar-refractivity contribution in [3.05, 3.63) is 0 Å². The van der Waals surface area contributed by atoms with Crippen molar-refractivity contribution in [3.63, 3.8) is 0 Å². The van der Waals surface area contributed by atoms with Crippen LogP contribution in [0.25, 0.3) is 0 Å². The Morgan fingerprint density at radius 3 is 2.44 bits per heavy atom. The second kappa shape index (κ2) is 8.08. The lowest BCUT2D eigenvalue weighted by atomic mass is 9.88. The standard InChI is InChI=1S/C14H29NO/c1-4-12(5-2)14(15-6-3)11-13-9-7-8-10-16-13/h12-15H,4-11H2,1-3H3. The monoisotopic (exact) mass is 227 g/mol. The molecule has 1 fully saturated rings. The zero-order valence-corrected chi connectivity index (χ0v) is 11.3. The molecule has 1 aliphatic rings. The van der Waals surface area contributed by atoms with Crippen molar-refractivity contribution in [2.45, 2.75) is 71.4 Å². The van der Waals surface area contributed by atoms with E-state index in [-0.39, 0.29) is 0 Å². The van der Waals surface area contributed by atoms with E-state index in [9.17, 15) is 0 Å². The zero-order chi connectivity index (χ0) is 11.8. The van der Waals surface area contributed by atoms with Crippen molar-refractivity contribution in [1.82, 2.24) is 5.32 Å². The maximum Gasteiger partial charge on any atom is 0.0590 e. The van der Waals surface area contributed by atoms with Gasteiger partial charge in [0.2, 0.25) is 0 Å². The molecule has 0 aromatic rings. The summed E-state index contributed by atoms with van der Waals surface area (Å²) in [5, 5.41) is 3.65. The maximum absolute atomic E-state index is 5.85. The second-order valence-electron chi connectivity index (χ2n) is 4.97. The number of nitrogens with one attached hydrogen (secondary N) is 1. The molecule has 0 amide bonds. The van der Waals surface area contributed by atoms with Gasteiger partial charge in [0.1, 0.15) is 0 Å². The zero-order valence-electron chi connectivity index (χ0n) is 11.3. The van der Waals surface area contributed by atoms with E-state index >= 15 is 0 Å². The molecular formula is C14H29NO. The SMILES string of the molecule is CCNC(CC1CCCCO1)C(CC)CC. The van der Waals surface area contributed by atoms with Crippen LogP contribution in [0.1, 0.15) is 59.3 Å². The molecule has 1 saturated heterocycles. The molecular weight excluding hydrogens is 198 g/mol. The number of ether oxygens (including phenoxy) is 1. The third kappa shape index (κ3) is 4.42. The molecule has 1 aliphatic heterocycles. The second-order valence-corrected chi connectivity index (χ2v) is 4.97. The van der Waals surface area contributed by atoms with E-state index in [1.165, 1.54) is 38.5 Å². The van der Waals surface area contributed by atoms with Crippen LogP contribution in [0.3, 0.4) is 0 Å². The van der Waals surface area contributed by atoms with E-state index in [0.717, 1.165) is 19.1 Å². The van der Waals surface area contributed by atoms with Crippen molar-refractivity contribution in [1.29, 1.82) is 0 Å². The third-order valence-electron chi connectivity index (χ3n) is 3.87. The van der Waals surface area contributed by atoms with Crippen LogP contribution in [0.2, 0.25) is 0 Å². The van der Waals surface area contributed by atoms with Crippen LogP contribution in [-0.4, -0.2) is 25.3 Å². The minimum Gasteiger partial charge on any atom is -0.378 e. The Labute approximate surface area is 101 Å². The summed E-state index contributed by atoms with van der Waals surface area (Å²) in [6.45, 7) is 8.87. The van der Waals surface area contributed by atoms with Crippen molar-refractivity contribution in [2.24, 2.45) is 5.92 Å². The van der Waals surface area contributed by atoms with Crippen molar-refractivity contribution in [3.8, 4) is 0 Å². The fraction of sp³-hybridized carbons (Fsp3) is 1.00. The topological polar surface area (TPSA) is 21.3 Å². The minimum absolute atomic E-state index is 0.512. The van der Waals surface area contributed by atoms with Gasteiger partial charge in [-0.05, 0) is 38.1 Å². The first-order chi connectivity index (χ1) is 7.81. The van der Waals surface area contributed by atoms with Crippen molar-refractivity contribution < 1.29 is 4.74 Å². The molecule has 0 bridgehead atoms. The molecule has 2 atom stereocenters. The normalized spacial score (nSPS) is 23.6. The fourth-order valence-corrected chi connectivity index (χ4v) is 2.84. The van der Waals surface area contributed by atoms with Crippen LogP contribution < -0.4 is 5.32 Å². The molecule has 0 aromatic carbocycles. The van der Waals surface area contributed by atoms with Gasteiger partial charge in [0.05, 0.1) is 6.10 Å². The molecule has 2 nitrogen and oxygen atoms in total. The third-order valence-corrected chi connectivity index (χ3v) is 3.87. The van der Waals surface area contributed by atoms with Crippen LogP contribution in [0.4, 0.5) is 0 Å². The molecule has 96 valence electrons. The Hall–Kier alpha value is -0.0800. The van der Waals surface area contributed by atoms with Crippen LogP contribution in [0.15, 0.2) is 0 Å². The highest BCUT2D eigenvalue weighted by Gasteiger charge is 2.23. The van der Waals surface area contributed by atoms with Gasteiger partial charge in [-0.3, -0.25) is 0 Å². The molecule has 0 spiro atoms. The molecule has 1 N–H and O–H groups in total. The van der Waals surface area contributed by atoms with Gasteiger partial charge in [0.25, 0.3) is 0 Å². The smallest absolute Gasteiger partial charge is 0.0590 e. The van der Waals surface area contributed by atoms with Gasteiger partial charge in [-0.2, -0.15) is 0 Å². The summed E-state index contributed by atoms with van der Waals surface area (Å²) in [7, 11) is 0. The number of rotatable bonds is 7. The first-order valence-corrected chi connectivity index (χ1v) is 7.16. The molecule has 16 heavy (non-hydrogen) atoms. The van der Waals surface area contributed by atoms with Gasteiger partial charge in [0.15, 0.2) is 0 Å². The molecule has 0 aromatic heterocycles. The van der Waals surface area contributed by atoms with Crippen LogP contribution >= 0.6 is 0 Å². The maximum atomic E-state index is 5.85. The highest BCUT2D eigenvalue weighted by atomic mass is 16.5. The molecule has 2 unspecified atom stereocenters. The van der Waals surface area contributed by atoms with E-state index in [1.54, 1.807) is 0 Å². The van der Waals surface area contributed by atoms with Gasteiger partial charge < -0.3 is 10.1 Å². The summed E-state index contributed by atoms with van der Waals surface area (Å²) in [5.41, 5.74) is 0. The summed E-state index contributed by atoms with van der Waals surface area (Å²) in [6.07, 6.45) is 8.16. The lowest BCUT2D eigenvalue weighted by molar-refractivity contribution is 0.000883. The van der Waals surface area contributed by atoms with Crippen LogP contribution in [-0.2, 0) is 4.74 Å². The van der Waals surface area contributed by atoms with E-state index in [0.29, 0.717) is 12.1 Å². The summed E-state index contributed by atoms with van der Waals surface area (Å²) in [4.78, 5) is 0. The Bertz CT molecular complexity index is 162. The largest absolute Gasteiger partial charge is 0.378 e. The Morgan fingerprint density at radius 1 is 1.19 bits per heavy atom. The highest BCUT2D eigenvalue weighted by molar-refractivity contribution is 4.79. The number of hydrogen-bond acceptors (Lipinski definition) is 2. The first kappa shape index (κ1) is 14.0. The van der Waals surface area contributed by atoms with Gasteiger partial charge in [0, 0.05) is 12.6 Å². The van der Waals surface area contributed by atoms with E-state index < -0.39 is 0 Å². The summed E-state index contributed by atoms with van der Waals surface area (Å²) < 4.78 is 5.85. The summed E-state index contributed by atoms with van der Waals surface area (Å²) >= 11 is 0. The number of hydrogen-bond donors (Lipinski definition) is 1. The van der Waals surface area contributed by atoms with Crippen LogP contribution in [0, 0.1) is 5.92 Å². The summed E-state index contributed by atoms with van der Waals surface area (Å²) in [5.74, 6) is 0.811. The van der Waals surface area contributed by atoms with E-state index in [1.807, 2.05) is 0 Å². The fourth-order valence-electron chi connectivity index (χ4n) is 2.84. The van der Waals surface area contributed by atoms with Crippen molar-refractivity contribution in [2.75, 3.05) is 13.2 Å². The Morgan fingerprint density at radius 2 is 1.94 bits per heavy atom. The lowest BCUT2D eigenvalue weighted by Gasteiger charge is -2.31. The van der Waals surface area contributed by atoms with E-state index in [4.69, 9.17) is 4.74 Å². The Kier molecular flexibility index (Phi) is 7.06.